The zero-order valence-corrected chi connectivity index (χ0v) is 12.6. The summed E-state index contributed by atoms with van der Waals surface area (Å²) in [5.41, 5.74) is 6.05. The van der Waals surface area contributed by atoms with Gasteiger partial charge in [-0.15, -0.1) is 0 Å². The lowest BCUT2D eigenvalue weighted by molar-refractivity contribution is -0.192. The Morgan fingerprint density at radius 3 is 2.36 bits per heavy atom. The lowest BCUT2D eigenvalue weighted by Gasteiger charge is -2.37. The summed E-state index contributed by atoms with van der Waals surface area (Å²) >= 11 is 1.63. The highest BCUT2D eigenvalue weighted by Gasteiger charge is 2.39. The number of aliphatic carboxylic acids is 1. The maximum absolute atomic E-state index is 10.6. The molecule has 0 spiro atoms. The van der Waals surface area contributed by atoms with E-state index in [1.165, 1.54) is 30.6 Å². The molecular formula is C13H18F3N3O2S. The van der Waals surface area contributed by atoms with Crippen LogP contribution in [0.4, 0.5) is 13.2 Å². The number of carboxylic acids is 1. The molecule has 0 radical (unpaired) electrons. The molecule has 0 amide bonds. The average molecular weight is 337 g/mol. The minimum absolute atomic E-state index is 0.445. The van der Waals surface area contributed by atoms with Crippen LogP contribution in [0.3, 0.4) is 0 Å². The molecule has 2 bridgehead atoms. The van der Waals surface area contributed by atoms with Crippen molar-refractivity contribution in [3.63, 3.8) is 0 Å². The summed E-state index contributed by atoms with van der Waals surface area (Å²) in [6.45, 7) is 1.09. The number of carbonyl (C=O) groups is 1. The van der Waals surface area contributed by atoms with Crippen LogP contribution in [0.5, 0.6) is 0 Å². The molecule has 0 aromatic carbocycles. The maximum atomic E-state index is 10.6. The zero-order chi connectivity index (χ0) is 16.3. The third-order valence-electron chi connectivity index (χ3n) is 3.99. The van der Waals surface area contributed by atoms with Crippen molar-refractivity contribution in [1.82, 2.24) is 9.27 Å². The number of aromatic nitrogens is 1. The Kier molecular flexibility index (Phi) is 5.41. The van der Waals surface area contributed by atoms with Gasteiger partial charge in [0.2, 0.25) is 0 Å². The second-order valence-corrected chi connectivity index (χ2v) is 6.49. The normalized spacial score (nSPS) is 28.1. The summed E-state index contributed by atoms with van der Waals surface area (Å²) < 4.78 is 35.9. The van der Waals surface area contributed by atoms with Crippen LogP contribution < -0.4 is 5.73 Å². The quantitative estimate of drug-likeness (QED) is 0.865. The summed E-state index contributed by atoms with van der Waals surface area (Å²) in [6.07, 6.45) is 1.89. The van der Waals surface area contributed by atoms with Crippen molar-refractivity contribution >= 4 is 17.5 Å². The van der Waals surface area contributed by atoms with Gasteiger partial charge in [-0.05, 0) is 43.3 Å². The number of hydrogen-bond acceptors (Lipinski definition) is 5. The monoisotopic (exact) mass is 337 g/mol. The van der Waals surface area contributed by atoms with Crippen molar-refractivity contribution in [1.29, 1.82) is 0 Å². The average Bonchev–Trinajstić information content (AvgIpc) is 2.98. The van der Waals surface area contributed by atoms with Gasteiger partial charge in [-0.1, -0.05) is 0 Å². The van der Waals surface area contributed by atoms with Crippen molar-refractivity contribution in [2.45, 2.75) is 56.5 Å². The minimum atomic E-state index is -5.08. The molecule has 9 heteroatoms. The largest absolute Gasteiger partial charge is 0.490 e. The molecule has 2 fully saturated rings. The van der Waals surface area contributed by atoms with Crippen molar-refractivity contribution in [3.05, 3.63) is 17.1 Å². The predicted octanol–water partition coefficient (Wildman–Crippen LogP) is 2.23. The zero-order valence-electron chi connectivity index (χ0n) is 11.8. The van der Waals surface area contributed by atoms with Gasteiger partial charge in [-0.2, -0.15) is 13.2 Å². The molecule has 1 aromatic rings. The molecule has 5 nitrogen and oxygen atoms in total. The molecule has 2 saturated heterocycles. The highest BCUT2D eigenvalue weighted by Crippen LogP contribution is 2.36. The van der Waals surface area contributed by atoms with E-state index in [2.05, 4.69) is 15.3 Å². The highest BCUT2D eigenvalue weighted by atomic mass is 32.1. The SMILES string of the molecule is NC1C[C@H]2CC[C@@H](C1)N2Cc1ccns1.O=C(O)C(F)(F)F. The molecule has 0 aliphatic carbocycles. The lowest BCUT2D eigenvalue weighted by atomic mass is 9.98. The number of rotatable bonds is 2. The van der Waals surface area contributed by atoms with E-state index >= 15 is 0 Å². The number of hydrogen-bond donors (Lipinski definition) is 2. The van der Waals surface area contributed by atoms with E-state index in [1.807, 2.05) is 6.20 Å². The third kappa shape index (κ3) is 4.40. The van der Waals surface area contributed by atoms with Gasteiger partial charge in [0.1, 0.15) is 0 Å². The second-order valence-electron chi connectivity index (χ2n) is 5.57. The van der Waals surface area contributed by atoms with Gasteiger partial charge in [-0.3, -0.25) is 4.90 Å². The third-order valence-corrected chi connectivity index (χ3v) is 4.72. The predicted molar refractivity (Wildman–Crippen MR) is 75.4 cm³/mol. The number of carboxylic acid groups (broad SMARTS) is 1. The first-order valence-electron chi connectivity index (χ1n) is 6.98. The standard InChI is InChI=1S/C11H17N3S.C2HF3O2/c12-8-5-9-1-2-10(6-8)14(9)7-11-3-4-13-15-11;3-2(4,5)1(6)7/h3-4,8-10H,1-2,5-7,12H2;(H,6,7)/t8?,9-,10+;. The van der Waals surface area contributed by atoms with Crippen LogP contribution in [-0.2, 0) is 11.3 Å². The van der Waals surface area contributed by atoms with E-state index in [4.69, 9.17) is 15.6 Å². The fourth-order valence-electron chi connectivity index (χ4n) is 3.08. The van der Waals surface area contributed by atoms with E-state index in [1.54, 1.807) is 11.5 Å². The molecule has 3 atom stereocenters. The van der Waals surface area contributed by atoms with Gasteiger partial charge in [-0.25, -0.2) is 9.17 Å². The van der Waals surface area contributed by atoms with Crippen LogP contribution in [0.15, 0.2) is 12.3 Å². The van der Waals surface area contributed by atoms with Gasteiger partial charge in [0, 0.05) is 35.7 Å². The first-order valence-corrected chi connectivity index (χ1v) is 7.75. The van der Waals surface area contributed by atoms with Gasteiger partial charge >= 0.3 is 12.1 Å². The Morgan fingerprint density at radius 2 is 1.95 bits per heavy atom. The van der Waals surface area contributed by atoms with Crippen molar-refractivity contribution < 1.29 is 23.1 Å². The number of alkyl halides is 3. The van der Waals surface area contributed by atoms with E-state index in [9.17, 15) is 13.2 Å². The molecule has 22 heavy (non-hydrogen) atoms. The topological polar surface area (TPSA) is 79.5 Å². The second kappa shape index (κ2) is 6.93. The Bertz CT molecular complexity index is 481. The lowest BCUT2D eigenvalue weighted by Crippen LogP contribution is -2.46. The summed E-state index contributed by atoms with van der Waals surface area (Å²) in [6, 6.07) is 4.06. The Morgan fingerprint density at radius 1 is 1.41 bits per heavy atom. The fraction of sp³-hybridized carbons (Fsp3) is 0.692. The van der Waals surface area contributed by atoms with Gasteiger partial charge in [0.15, 0.2) is 0 Å². The van der Waals surface area contributed by atoms with Crippen LogP contribution in [-0.4, -0.2) is 44.7 Å². The Labute approximate surface area is 130 Å². The van der Waals surface area contributed by atoms with E-state index < -0.39 is 12.1 Å². The molecule has 3 heterocycles. The molecule has 2 aliphatic heterocycles. The molecule has 2 aliphatic rings. The molecule has 124 valence electrons. The summed E-state index contributed by atoms with van der Waals surface area (Å²) in [4.78, 5) is 12.9. The number of nitrogens with two attached hydrogens (primary N) is 1. The van der Waals surface area contributed by atoms with E-state index in [-0.39, 0.29) is 0 Å². The van der Waals surface area contributed by atoms with Gasteiger partial charge in [0.25, 0.3) is 0 Å². The Balaban J connectivity index is 0.000000217. The molecule has 3 rings (SSSR count). The summed E-state index contributed by atoms with van der Waals surface area (Å²) in [5.74, 6) is -2.76. The van der Waals surface area contributed by atoms with Gasteiger partial charge in [0.05, 0.1) is 0 Å². The number of halogens is 3. The smallest absolute Gasteiger partial charge is 0.475 e. The number of piperidine rings is 1. The summed E-state index contributed by atoms with van der Waals surface area (Å²) in [7, 11) is 0. The fourth-order valence-corrected chi connectivity index (χ4v) is 3.66. The van der Waals surface area contributed by atoms with Crippen LogP contribution in [0.2, 0.25) is 0 Å². The first-order chi connectivity index (χ1) is 10.3. The molecular weight excluding hydrogens is 319 g/mol. The number of fused-ring (bicyclic) bond motifs is 2. The molecule has 1 unspecified atom stereocenters. The van der Waals surface area contributed by atoms with Crippen molar-refractivity contribution in [2.75, 3.05) is 0 Å². The van der Waals surface area contributed by atoms with Crippen LogP contribution in [0.1, 0.15) is 30.6 Å². The van der Waals surface area contributed by atoms with Gasteiger partial charge < -0.3 is 10.8 Å². The van der Waals surface area contributed by atoms with Crippen molar-refractivity contribution in [2.24, 2.45) is 5.73 Å². The van der Waals surface area contributed by atoms with Crippen LogP contribution >= 0.6 is 11.5 Å². The first kappa shape index (κ1) is 17.2. The number of nitrogens with zero attached hydrogens (tertiary/aromatic N) is 2. The van der Waals surface area contributed by atoms with Crippen LogP contribution in [0, 0.1) is 0 Å². The Hall–Kier alpha value is -1.19. The molecule has 3 N–H and O–H groups in total. The highest BCUT2D eigenvalue weighted by molar-refractivity contribution is 7.05. The van der Waals surface area contributed by atoms with Crippen molar-refractivity contribution in [3.8, 4) is 0 Å². The minimum Gasteiger partial charge on any atom is -0.475 e. The maximum Gasteiger partial charge on any atom is 0.490 e. The molecule has 0 saturated carbocycles. The van der Waals surface area contributed by atoms with E-state index in [0.717, 1.165) is 18.6 Å². The summed E-state index contributed by atoms with van der Waals surface area (Å²) in [5, 5.41) is 7.12. The van der Waals surface area contributed by atoms with Crippen LogP contribution in [0.25, 0.3) is 0 Å². The van der Waals surface area contributed by atoms with E-state index in [0.29, 0.717) is 6.04 Å². The molecule has 1 aromatic heterocycles.